The molecule has 1 aliphatic rings. The molecule has 1 aromatic heterocycles. The second kappa shape index (κ2) is 13.6. The summed E-state index contributed by atoms with van der Waals surface area (Å²) in [4.78, 5) is 25.2. The fraction of sp³-hybridized carbons (Fsp3) is 0.500. The SMILES string of the molecule is N[C@@H]1CCCC[C@H]1N.O=C([O-])C(=O)[O-].[Pt+2].c1cncnc1. The third-order valence-corrected chi connectivity index (χ3v) is 2.52. The van der Waals surface area contributed by atoms with Gasteiger partial charge in [0.1, 0.15) is 6.33 Å². The maximum Gasteiger partial charge on any atom is 2.00 e. The Labute approximate surface area is 137 Å². The van der Waals surface area contributed by atoms with Gasteiger partial charge in [-0.25, -0.2) is 9.97 Å². The molecule has 0 saturated heterocycles. The van der Waals surface area contributed by atoms with Gasteiger partial charge in [0.2, 0.25) is 0 Å². The first-order valence-corrected chi connectivity index (χ1v) is 6.08. The largest absolute Gasteiger partial charge is 2.00 e. The average Bonchev–Trinajstić information content (AvgIpc) is 2.45. The van der Waals surface area contributed by atoms with E-state index in [0.717, 1.165) is 12.8 Å². The van der Waals surface area contributed by atoms with E-state index < -0.39 is 11.9 Å². The number of rotatable bonds is 0. The first-order chi connectivity index (χ1) is 9.45. The molecule has 0 bridgehead atoms. The first kappa shape index (κ1) is 21.9. The van der Waals surface area contributed by atoms with E-state index in [1.807, 2.05) is 0 Å². The van der Waals surface area contributed by atoms with Crippen LogP contribution in [0.3, 0.4) is 0 Å². The van der Waals surface area contributed by atoms with Gasteiger partial charge in [0, 0.05) is 24.5 Å². The zero-order valence-electron chi connectivity index (χ0n) is 11.3. The Morgan fingerprint density at radius 2 is 1.33 bits per heavy atom. The van der Waals surface area contributed by atoms with E-state index in [1.54, 1.807) is 18.5 Å². The number of carbonyl (C=O) groups excluding carboxylic acids is 2. The Balaban J connectivity index is 0. The van der Waals surface area contributed by atoms with Crippen molar-refractivity contribution >= 4 is 11.9 Å². The number of aromatic nitrogens is 2. The summed E-state index contributed by atoms with van der Waals surface area (Å²) < 4.78 is 0. The van der Waals surface area contributed by atoms with Crippen LogP contribution in [-0.2, 0) is 30.7 Å². The van der Waals surface area contributed by atoms with Crippen molar-refractivity contribution in [1.29, 1.82) is 0 Å². The Bertz CT molecular complexity index is 345. The zero-order valence-corrected chi connectivity index (χ0v) is 13.6. The Kier molecular flexibility index (Phi) is 14.2. The second-order valence-corrected chi connectivity index (χ2v) is 4.09. The van der Waals surface area contributed by atoms with Crippen molar-refractivity contribution in [3.05, 3.63) is 24.8 Å². The number of hydrogen-bond acceptors (Lipinski definition) is 8. The van der Waals surface area contributed by atoms with Gasteiger partial charge in [-0.1, -0.05) is 12.8 Å². The van der Waals surface area contributed by atoms with Crippen molar-refractivity contribution in [2.45, 2.75) is 37.8 Å². The molecule has 0 spiro atoms. The van der Waals surface area contributed by atoms with Crippen LogP contribution in [-0.4, -0.2) is 34.0 Å². The summed E-state index contributed by atoms with van der Waals surface area (Å²) in [5, 5.41) is 17.9. The summed E-state index contributed by atoms with van der Waals surface area (Å²) in [6.45, 7) is 0. The number of hydrogen-bond donors (Lipinski definition) is 2. The summed E-state index contributed by atoms with van der Waals surface area (Å²) in [7, 11) is 0. The fourth-order valence-electron chi connectivity index (χ4n) is 1.44. The Morgan fingerprint density at radius 1 is 0.952 bits per heavy atom. The molecule has 8 nitrogen and oxygen atoms in total. The predicted octanol–water partition coefficient (Wildman–Crippen LogP) is -2.82. The Hall–Kier alpha value is -1.37. The first-order valence-electron chi connectivity index (χ1n) is 6.08. The van der Waals surface area contributed by atoms with Gasteiger partial charge in [0.25, 0.3) is 0 Å². The molecule has 0 aliphatic heterocycles. The molecule has 2 atom stereocenters. The summed E-state index contributed by atoms with van der Waals surface area (Å²) >= 11 is 0. The number of aliphatic carboxylic acids is 2. The van der Waals surface area contributed by atoms with E-state index in [1.165, 1.54) is 19.2 Å². The van der Waals surface area contributed by atoms with Crippen LogP contribution in [0.4, 0.5) is 0 Å². The van der Waals surface area contributed by atoms with Gasteiger partial charge in [0.15, 0.2) is 0 Å². The van der Waals surface area contributed by atoms with Crippen molar-refractivity contribution < 1.29 is 40.9 Å². The molecule has 0 radical (unpaired) electrons. The monoisotopic (exact) mass is 477 g/mol. The van der Waals surface area contributed by atoms with Crippen molar-refractivity contribution in [1.82, 2.24) is 9.97 Å². The molecular weight excluding hydrogens is 459 g/mol. The van der Waals surface area contributed by atoms with Crippen LogP contribution in [0.1, 0.15) is 25.7 Å². The summed E-state index contributed by atoms with van der Waals surface area (Å²) in [6.07, 6.45) is 9.67. The molecule has 4 N–H and O–H groups in total. The maximum atomic E-state index is 8.93. The summed E-state index contributed by atoms with van der Waals surface area (Å²) in [5.74, 6) is -4.37. The second-order valence-electron chi connectivity index (χ2n) is 4.09. The molecule has 1 fully saturated rings. The van der Waals surface area contributed by atoms with Gasteiger partial charge in [-0.3, -0.25) is 0 Å². The number of carbonyl (C=O) groups is 2. The molecule has 1 aliphatic carbocycles. The van der Waals surface area contributed by atoms with E-state index in [0.29, 0.717) is 0 Å². The van der Waals surface area contributed by atoms with Crippen LogP contribution in [0.15, 0.2) is 24.8 Å². The van der Waals surface area contributed by atoms with Gasteiger partial charge in [-0.2, -0.15) is 0 Å². The average molecular weight is 477 g/mol. The van der Waals surface area contributed by atoms with E-state index in [2.05, 4.69) is 9.97 Å². The number of nitrogens with two attached hydrogens (primary N) is 2. The van der Waals surface area contributed by atoms with Crippen LogP contribution in [0.25, 0.3) is 0 Å². The van der Waals surface area contributed by atoms with Crippen LogP contribution in [0.2, 0.25) is 0 Å². The van der Waals surface area contributed by atoms with E-state index in [4.69, 9.17) is 31.3 Å². The third kappa shape index (κ3) is 13.4. The van der Waals surface area contributed by atoms with Gasteiger partial charge < -0.3 is 31.3 Å². The molecular formula is C12H18N4O4Pt. The number of carboxylic acid groups (broad SMARTS) is 2. The molecule has 1 saturated carbocycles. The van der Waals surface area contributed by atoms with Gasteiger partial charge >= 0.3 is 21.1 Å². The third-order valence-electron chi connectivity index (χ3n) is 2.52. The molecule has 0 unspecified atom stereocenters. The molecule has 1 aromatic rings. The molecule has 1 heterocycles. The topological polar surface area (TPSA) is 158 Å². The van der Waals surface area contributed by atoms with Gasteiger partial charge in [-0.15, -0.1) is 0 Å². The van der Waals surface area contributed by atoms with Crippen molar-refractivity contribution in [2.24, 2.45) is 11.5 Å². The van der Waals surface area contributed by atoms with E-state index >= 15 is 0 Å². The molecule has 0 aromatic carbocycles. The minimum absolute atomic E-state index is 0. The normalized spacial score (nSPS) is 19.5. The Morgan fingerprint density at radius 3 is 1.48 bits per heavy atom. The molecule has 120 valence electrons. The smallest absolute Gasteiger partial charge is 0.543 e. The number of carboxylic acids is 2. The maximum absolute atomic E-state index is 8.93. The number of nitrogens with zero attached hydrogens (tertiary/aromatic N) is 2. The van der Waals surface area contributed by atoms with Gasteiger partial charge in [0.05, 0.1) is 11.9 Å². The van der Waals surface area contributed by atoms with Crippen molar-refractivity contribution in [3.63, 3.8) is 0 Å². The van der Waals surface area contributed by atoms with Crippen LogP contribution in [0.5, 0.6) is 0 Å². The molecule has 2 rings (SSSR count). The minimum atomic E-state index is -2.19. The van der Waals surface area contributed by atoms with Crippen LogP contribution < -0.4 is 21.7 Å². The fourth-order valence-corrected chi connectivity index (χ4v) is 1.44. The van der Waals surface area contributed by atoms with Crippen LogP contribution >= 0.6 is 0 Å². The predicted molar refractivity (Wildman–Crippen MR) is 66.5 cm³/mol. The summed E-state index contributed by atoms with van der Waals surface area (Å²) in [5.41, 5.74) is 11.3. The summed E-state index contributed by atoms with van der Waals surface area (Å²) in [6, 6.07) is 2.34. The van der Waals surface area contributed by atoms with Crippen molar-refractivity contribution in [3.8, 4) is 0 Å². The molecule has 0 amide bonds. The molecule has 9 heteroatoms. The van der Waals surface area contributed by atoms with Crippen molar-refractivity contribution in [2.75, 3.05) is 0 Å². The molecule has 21 heavy (non-hydrogen) atoms. The minimum Gasteiger partial charge on any atom is -0.543 e. The quantitative estimate of drug-likeness (QED) is 0.379. The van der Waals surface area contributed by atoms with Gasteiger partial charge in [-0.05, 0) is 18.9 Å². The van der Waals surface area contributed by atoms with Crippen LogP contribution in [0, 0.1) is 0 Å². The zero-order chi connectivity index (χ0) is 15.4. The van der Waals surface area contributed by atoms with E-state index in [9.17, 15) is 0 Å². The standard InChI is InChI=1S/C6H14N2.C4H4N2.C2H2O4.Pt/c7-5-3-1-2-4-6(5)8;1-2-5-4-6-3-1;3-1(4)2(5)6;/h5-6H,1-4,7-8H2;1-4H;(H,3,4)(H,5,6);/q;;;+2/p-2/t5-,6-;;;/m1.../s1. The van der Waals surface area contributed by atoms with E-state index in [-0.39, 0.29) is 33.1 Å².